The lowest BCUT2D eigenvalue weighted by molar-refractivity contribution is 0.582. The van der Waals surface area contributed by atoms with Crippen molar-refractivity contribution in [1.82, 2.24) is 14.3 Å². The highest BCUT2D eigenvalue weighted by atomic mass is 16.1. The lowest BCUT2D eigenvalue weighted by atomic mass is 9.79. The molecule has 4 aromatic rings. The summed E-state index contributed by atoms with van der Waals surface area (Å²) in [5.74, 6) is 0.475. The van der Waals surface area contributed by atoms with Gasteiger partial charge in [-0.05, 0) is 60.9 Å². The molecule has 4 heteroatoms. The van der Waals surface area contributed by atoms with E-state index in [1.165, 1.54) is 16.7 Å². The molecule has 1 aliphatic rings. The molecule has 1 atom stereocenters. The Balaban J connectivity index is 1.72. The summed E-state index contributed by atoms with van der Waals surface area (Å²) >= 11 is 0. The monoisotopic (exact) mass is 395 g/mol. The van der Waals surface area contributed by atoms with Gasteiger partial charge < -0.3 is 0 Å². The van der Waals surface area contributed by atoms with E-state index in [2.05, 4.69) is 43.8 Å². The third kappa shape index (κ3) is 2.91. The molecule has 0 spiro atoms. The number of fused-ring (bicyclic) bond motifs is 3. The molecule has 0 saturated carbocycles. The van der Waals surface area contributed by atoms with E-state index in [1.54, 1.807) is 4.68 Å². The molecule has 0 saturated heterocycles. The van der Waals surface area contributed by atoms with Crippen molar-refractivity contribution >= 4 is 11.0 Å². The number of benzene rings is 2. The summed E-state index contributed by atoms with van der Waals surface area (Å²) in [4.78, 5) is 18.6. The molecule has 0 unspecified atom stereocenters. The van der Waals surface area contributed by atoms with E-state index in [0.29, 0.717) is 12.5 Å². The lowest BCUT2D eigenvalue weighted by Crippen LogP contribution is -2.21. The average molecular weight is 396 g/mol. The number of hydrogen-bond donors (Lipinski definition) is 0. The Bertz CT molecular complexity index is 1280. The van der Waals surface area contributed by atoms with E-state index in [1.807, 2.05) is 41.1 Å². The van der Waals surface area contributed by atoms with Crippen LogP contribution >= 0.6 is 0 Å². The van der Waals surface area contributed by atoms with Crippen LogP contribution in [0.1, 0.15) is 34.7 Å². The number of allylic oxidation sites excluding steroid dienone is 1. The standard InChI is InChI=1S/C26H25N3O/c1-3-16-28-25-24(26(30)29(28)21-12-8-5-9-13-21)22-15-14-20(17-23(22)18(2)27-25)19-10-6-4-7-11-19/h3-13,20H,1,14-17H2,2H3/t20-/m1/s1. The summed E-state index contributed by atoms with van der Waals surface area (Å²) in [7, 11) is 0. The Hall–Kier alpha value is -3.40. The van der Waals surface area contributed by atoms with Gasteiger partial charge in [-0.15, -0.1) is 6.58 Å². The van der Waals surface area contributed by atoms with Crippen LogP contribution in [0, 0.1) is 6.92 Å². The normalized spacial score (nSPS) is 15.8. The van der Waals surface area contributed by atoms with Crippen LogP contribution in [0.5, 0.6) is 0 Å². The minimum Gasteiger partial charge on any atom is -0.267 e. The molecule has 5 rings (SSSR count). The molecule has 150 valence electrons. The van der Waals surface area contributed by atoms with Crippen molar-refractivity contribution in [2.24, 2.45) is 0 Å². The van der Waals surface area contributed by atoms with Crippen LogP contribution in [0.25, 0.3) is 16.7 Å². The molecule has 2 aromatic carbocycles. The zero-order valence-corrected chi connectivity index (χ0v) is 17.2. The molecule has 4 nitrogen and oxygen atoms in total. The first-order valence-corrected chi connectivity index (χ1v) is 10.5. The highest BCUT2D eigenvalue weighted by Crippen LogP contribution is 2.36. The number of rotatable bonds is 4. The molecule has 0 fully saturated rings. The fourth-order valence-corrected chi connectivity index (χ4v) is 4.85. The topological polar surface area (TPSA) is 39.8 Å². The minimum atomic E-state index is 0.0139. The Labute approximate surface area is 176 Å². The Morgan fingerprint density at radius 2 is 1.77 bits per heavy atom. The maximum atomic E-state index is 13.6. The van der Waals surface area contributed by atoms with Crippen LogP contribution in [-0.4, -0.2) is 14.3 Å². The van der Waals surface area contributed by atoms with Gasteiger partial charge in [0.25, 0.3) is 5.56 Å². The van der Waals surface area contributed by atoms with Crippen molar-refractivity contribution in [3.63, 3.8) is 0 Å². The van der Waals surface area contributed by atoms with E-state index in [9.17, 15) is 4.79 Å². The second-order valence-electron chi connectivity index (χ2n) is 8.03. The maximum absolute atomic E-state index is 13.6. The van der Waals surface area contributed by atoms with Crippen LogP contribution in [-0.2, 0) is 19.4 Å². The Morgan fingerprint density at radius 3 is 2.47 bits per heavy atom. The van der Waals surface area contributed by atoms with E-state index in [-0.39, 0.29) is 5.56 Å². The molecule has 0 N–H and O–H groups in total. The highest BCUT2D eigenvalue weighted by molar-refractivity contribution is 5.81. The number of aromatic nitrogens is 3. The summed E-state index contributed by atoms with van der Waals surface area (Å²) in [5, 5.41) is 0.771. The summed E-state index contributed by atoms with van der Waals surface area (Å²) in [6.07, 6.45) is 4.70. The Morgan fingerprint density at radius 1 is 1.07 bits per heavy atom. The molecule has 0 amide bonds. The van der Waals surface area contributed by atoms with Gasteiger partial charge in [0.05, 0.1) is 17.6 Å². The summed E-state index contributed by atoms with van der Waals surface area (Å²) in [6, 6.07) is 20.5. The molecule has 0 radical (unpaired) electrons. The number of hydrogen-bond acceptors (Lipinski definition) is 2. The Kier molecular flexibility index (Phi) is 4.62. The van der Waals surface area contributed by atoms with Gasteiger partial charge in [-0.3, -0.25) is 9.48 Å². The number of nitrogens with zero attached hydrogens (tertiary/aromatic N) is 3. The molecule has 0 aliphatic heterocycles. The van der Waals surface area contributed by atoms with Gasteiger partial charge in [-0.1, -0.05) is 54.6 Å². The van der Waals surface area contributed by atoms with Crippen LogP contribution in [0.15, 0.2) is 78.1 Å². The SMILES string of the molecule is C=CCn1c2nc(C)c3c(c2c(=O)n1-c1ccccc1)CC[C@@H](c1ccccc1)C3. The number of aryl methyl sites for hydroxylation is 2. The molecule has 2 aromatic heterocycles. The molecular formula is C26H25N3O. The van der Waals surface area contributed by atoms with Gasteiger partial charge in [0.2, 0.25) is 0 Å². The summed E-state index contributed by atoms with van der Waals surface area (Å²) in [6.45, 7) is 6.51. The largest absolute Gasteiger partial charge is 0.281 e. The minimum absolute atomic E-state index is 0.0139. The average Bonchev–Trinajstić information content (AvgIpc) is 3.06. The predicted octanol–water partition coefficient (Wildman–Crippen LogP) is 4.95. The van der Waals surface area contributed by atoms with Crippen molar-refractivity contribution in [3.05, 3.63) is 106 Å². The highest BCUT2D eigenvalue weighted by Gasteiger charge is 2.28. The first-order valence-electron chi connectivity index (χ1n) is 10.5. The fraction of sp³-hybridized carbons (Fsp3) is 0.231. The fourth-order valence-electron chi connectivity index (χ4n) is 4.85. The maximum Gasteiger partial charge on any atom is 0.281 e. The van der Waals surface area contributed by atoms with Crippen molar-refractivity contribution in [3.8, 4) is 5.69 Å². The lowest BCUT2D eigenvalue weighted by Gasteiger charge is -2.26. The van der Waals surface area contributed by atoms with Gasteiger partial charge in [0.1, 0.15) is 0 Å². The second-order valence-corrected chi connectivity index (χ2v) is 8.03. The number of pyridine rings is 1. The van der Waals surface area contributed by atoms with Gasteiger partial charge in [0.15, 0.2) is 5.65 Å². The molecular weight excluding hydrogens is 370 g/mol. The van der Waals surface area contributed by atoms with E-state index < -0.39 is 0 Å². The van der Waals surface area contributed by atoms with Gasteiger partial charge >= 0.3 is 0 Å². The first-order chi connectivity index (χ1) is 14.7. The van der Waals surface area contributed by atoms with Crippen LogP contribution < -0.4 is 5.56 Å². The van der Waals surface area contributed by atoms with Gasteiger partial charge in [0, 0.05) is 5.69 Å². The van der Waals surface area contributed by atoms with Crippen molar-refractivity contribution < 1.29 is 0 Å². The van der Waals surface area contributed by atoms with Gasteiger partial charge in [-0.25, -0.2) is 9.67 Å². The smallest absolute Gasteiger partial charge is 0.267 e. The summed E-state index contributed by atoms with van der Waals surface area (Å²) < 4.78 is 3.71. The molecule has 30 heavy (non-hydrogen) atoms. The third-order valence-electron chi connectivity index (χ3n) is 6.26. The van der Waals surface area contributed by atoms with Crippen molar-refractivity contribution in [2.45, 2.75) is 38.6 Å². The van der Waals surface area contributed by atoms with E-state index in [4.69, 9.17) is 4.98 Å². The zero-order valence-electron chi connectivity index (χ0n) is 17.2. The van der Waals surface area contributed by atoms with E-state index in [0.717, 1.165) is 41.7 Å². The second kappa shape index (κ2) is 7.45. The molecule has 2 heterocycles. The molecule has 1 aliphatic carbocycles. The quantitative estimate of drug-likeness (QED) is 0.459. The van der Waals surface area contributed by atoms with Gasteiger partial charge in [-0.2, -0.15) is 0 Å². The van der Waals surface area contributed by atoms with Crippen LogP contribution in [0.4, 0.5) is 0 Å². The first kappa shape index (κ1) is 18.6. The molecule has 0 bridgehead atoms. The number of para-hydroxylation sites is 1. The zero-order chi connectivity index (χ0) is 20.7. The van der Waals surface area contributed by atoms with Crippen LogP contribution in [0.3, 0.4) is 0 Å². The van der Waals surface area contributed by atoms with E-state index >= 15 is 0 Å². The van der Waals surface area contributed by atoms with Crippen molar-refractivity contribution in [2.75, 3.05) is 0 Å². The van der Waals surface area contributed by atoms with Crippen LogP contribution in [0.2, 0.25) is 0 Å². The third-order valence-corrected chi connectivity index (χ3v) is 6.26. The summed E-state index contributed by atoms with van der Waals surface area (Å²) in [5.41, 5.74) is 6.46. The van der Waals surface area contributed by atoms with Crippen molar-refractivity contribution in [1.29, 1.82) is 0 Å². The predicted molar refractivity (Wildman–Crippen MR) is 121 cm³/mol.